The van der Waals surface area contributed by atoms with Crippen LogP contribution in [0.4, 0.5) is 0 Å². The predicted octanol–water partition coefficient (Wildman–Crippen LogP) is 4.82. The minimum absolute atomic E-state index is 0.170. The van der Waals surface area contributed by atoms with Gasteiger partial charge in [0.2, 0.25) is 0 Å². The first kappa shape index (κ1) is 15.4. The number of carbonyl (C=O) groups excluding carboxylic acids is 1. The summed E-state index contributed by atoms with van der Waals surface area (Å²) in [4.78, 5) is 11.9. The van der Waals surface area contributed by atoms with E-state index in [4.69, 9.17) is 27.9 Å². The van der Waals surface area contributed by atoms with Crippen molar-refractivity contribution in [2.24, 2.45) is 5.92 Å². The van der Waals surface area contributed by atoms with E-state index in [0.29, 0.717) is 23.6 Å². The quantitative estimate of drug-likeness (QED) is 0.442. The molecule has 2 unspecified atom stereocenters. The number of ether oxygens (including phenoxy) is 1. The van der Waals surface area contributed by atoms with Crippen molar-refractivity contribution >= 4 is 29.2 Å². The summed E-state index contributed by atoms with van der Waals surface area (Å²) in [7, 11) is 0. The molecule has 1 fully saturated rings. The normalized spacial score (nSPS) is 22.6. The first-order valence-electron chi connectivity index (χ1n) is 6.89. The van der Waals surface area contributed by atoms with Crippen molar-refractivity contribution in [2.75, 3.05) is 6.61 Å². The summed E-state index contributed by atoms with van der Waals surface area (Å²) in [6.45, 7) is 2.40. The first-order valence-corrected chi connectivity index (χ1v) is 7.71. The van der Waals surface area contributed by atoms with E-state index < -0.39 is 0 Å². The number of halogens is 2. The fourth-order valence-electron chi connectivity index (χ4n) is 2.36. The summed E-state index contributed by atoms with van der Waals surface area (Å²) < 4.78 is 5.16. The minimum Gasteiger partial charge on any atom is -0.462 e. The summed E-state index contributed by atoms with van der Waals surface area (Å²) in [5.74, 6) is -0.492. The number of carbonyl (C=O) groups is 1. The Morgan fingerprint density at radius 3 is 2.75 bits per heavy atom. The van der Waals surface area contributed by atoms with Gasteiger partial charge in [0.1, 0.15) is 6.61 Å². The molecule has 2 nitrogen and oxygen atoms in total. The van der Waals surface area contributed by atoms with Crippen LogP contribution in [0.15, 0.2) is 40.9 Å². The maximum absolute atomic E-state index is 11.9. The lowest BCUT2D eigenvalue weighted by molar-refractivity contribution is -0.135. The van der Waals surface area contributed by atoms with Gasteiger partial charge in [0.05, 0.1) is 11.0 Å². The van der Waals surface area contributed by atoms with Gasteiger partial charge in [-0.25, -0.2) is 4.79 Å². The molecule has 0 bridgehead atoms. The third-order valence-electron chi connectivity index (χ3n) is 3.50. The van der Waals surface area contributed by atoms with Gasteiger partial charge in [0, 0.05) is 11.0 Å². The number of hydrogen-bond donors (Lipinski definition) is 0. The van der Waals surface area contributed by atoms with Crippen molar-refractivity contribution in [1.29, 1.82) is 0 Å². The average Bonchev–Trinajstić information content (AvgIpc) is 2.86. The van der Waals surface area contributed by atoms with Gasteiger partial charge in [-0.15, -0.1) is 11.6 Å². The summed E-state index contributed by atoms with van der Waals surface area (Å²) in [6.07, 6.45) is 2.70. The number of benzene rings is 1. The topological polar surface area (TPSA) is 26.3 Å². The number of cyclic esters (lactones) is 1. The lowest BCUT2D eigenvalue weighted by Crippen LogP contribution is -2.12. The Balaban J connectivity index is 2.24. The Bertz CT molecular complexity index is 496. The highest BCUT2D eigenvalue weighted by Crippen LogP contribution is 2.40. The van der Waals surface area contributed by atoms with Crippen LogP contribution in [0.1, 0.15) is 37.1 Å². The number of rotatable bonds is 5. The zero-order valence-corrected chi connectivity index (χ0v) is 13.0. The van der Waals surface area contributed by atoms with Crippen LogP contribution in [0.25, 0.3) is 0 Å². The molecule has 0 N–H and O–H groups in total. The monoisotopic (exact) mass is 312 g/mol. The summed E-state index contributed by atoms with van der Waals surface area (Å²) in [5, 5.41) is 0.300. The molecule has 0 amide bonds. The smallest absolute Gasteiger partial charge is 0.335 e. The van der Waals surface area contributed by atoms with Crippen molar-refractivity contribution in [2.45, 2.75) is 31.6 Å². The van der Waals surface area contributed by atoms with E-state index in [9.17, 15) is 4.79 Å². The zero-order chi connectivity index (χ0) is 14.5. The van der Waals surface area contributed by atoms with Crippen molar-refractivity contribution in [3.63, 3.8) is 0 Å². The van der Waals surface area contributed by atoms with Crippen LogP contribution in [0.5, 0.6) is 0 Å². The standard InChI is InChI=1S/C16H18Cl2O2/c1-2-3-9-13(17)14-12(10-20-16(14)19)15(18)11-7-5-4-6-8-11/h4-8,12,15H,2-3,9-10H2,1H3/b14-13-. The van der Waals surface area contributed by atoms with Gasteiger partial charge in [-0.1, -0.05) is 55.3 Å². The van der Waals surface area contributed by atoms with Crippen molar-refractivity contribution < 1.29 is 9.53 Å². The second kappa shape index (κ2) is 7.14. The molecule has 20 heavy (non-hydrogen) atoms. The van der Waals surface area contributed by atoms with E-state index in [1.807, 2.05) is 30.3 Å². The highest BCUT2D eigenvalue weighted by molar-refractivity contribution is 6.32. The third kappa shape index (κ3) is 3.36. The molecule has 1 aromatic rings. The van der Waals surface area contributed by atoms with Gasteiger partial charge >= 0.3 is 5.97 Å². The molecular weight excluding hydrogens is 295 g/mol. The number of allylic oxidation sites excluding steroid dienone is 1. The van der Waals surface area contributed by atoms with Gasteiger partial charge in [0.15, 0.2) is 0 Å². The molecule has 0 radical (unpaired) electrons. The van der Waals surface area contributed by atoms with Gasteiger partial charge in [0.25, 0.3) is 0 Å². The van der Waals surface area contributed by atoms with Crippen LogP contribution in [0.3, 0.4) is 0 Å². The Hall–Kier alpha value is -0.990. The molecule has 2 atom stereocenters. The van der Waals surface area contributed by atoms with Crippen molar-refractivity contribution in [3.05, 3.63) is 46.5 Å². The molecule has 1 saturated heterocycles. The molecule has 0 aliphatic carbocycles. The van der Waals surface area contributed by atoms with E-state index in [-0.39, 0.29) is 17.3 Å². The Kier molecular flexibility index (Phi) is 5.50. The lowest BCUT2D eigenvalue weighted by atomic mass is 9.92. The van der Waals surface area contributed by atoms with Crippen LogP contribution in [0.2, 0.25) is 0 Å². The fourth-order valence-corrected chi connectivity index (χ4v) is 3.05. The predicted molar refractivity (Wildman–Crippen MR) is 81.9 cm³/mol. The van der Waals surface area contributed by atoms with Crippen LogP contribution < -0.4 is 0 Å². The summed E-state index contributed by atoms with van der Waals surface area (Å²) in [5.41, 5.74) is 1.54. The molecule has 108 valence electrons. The maximum atomic E-state index is 11.9. The van der Waals surface area contributed by atoms with Crippen LogP contribution in [-0.4, -0.2) is 12.6 Å². The maximum Gasteiger partial charge on any atom is 0.335 e. The Morgan fingerprint density at radius 1 is 1.40 bits per heavy atom. The highest BCUT2D eigenvalue weighted by Gasteiger charge is 2.38. The molecule has 2 rings (SSSR count). The number of esters is 1. The molecule has 1 aliphatic heterocycles. The molecule has 1 aromatic carbocycles. The molecular formula is C16H18Cl2O2. The summed E-state index contributed by atoms with van der Waals surface area (Å²) >= 11 is 12.8. The van der Waals surface area contributed by atoms with Crippen molar-refractivity contribution in [3.8, 4) is 0 Å². The Morgan fingerprint density at radius 2 is 2.10 bits per heavy atom. The molecule has 0 aromatic heterocycles. The van der Waals surface area contributed by atoms with E-state index in [1.54, 1.807) is 0 Å². The second-order valence-corrected chi connectivity index (χ2v) is 5.87. The SMILES string of the molecule is CCCC/C(Cl)=C1/C(=O)OCC1C(Cl)c1ccccc1. The van der Waals surface area contributed by atoms with Gasteiger partial charge in [-0.3, -0.25) is 0 Å². The number of alkyl halides is 1. The molecule has 0 spiro atoms. The Labute approximate surface area is 129 Å². The first-order chi connectivity index (χ1) is 9.65. The number of hydrogen-bond acceptors (Lipinski definition) is 2. The van der Waals surface area contributed by atoms with E-state index in [1.165, 1.54) is 0 Å². The third-order valence-corrected chi connectivity index (χ3v) is 4.45. The molecule has 0 saturated carbocycles. The van der Waals surface area contributed by atoms with Crippen molar-refractivity contribution in [1.82, 2.24) is 0 Å². The minimum atomic E-state index is -0.322. The number of unbranched alkanes of at least 4 members (excludes halogenated alkanes) is 1. The highest BCUT2D eigenvalue weighted by atomic mass is 35.5. The van der Waals surface area contributed by atoms with E-state index >= 15 is 0 Å². The fraction of sp³-hybridized carbons (Fsp3) is 0.438. The molecule has 1 aliphatic rings. The summed E-state index contributed by atoms with van der Waals surface area (Å²) in [6, 6.07) is 9.72. The van der Waals surface area contributed by atoms with Gasteiger partial charge < -0.3 is 4.74 Å². The van der Waals surface area contributed by atoms with Gasteiger partial charge in [-0.2, -0.15) is 0 Å². The van der Waals surface area contributed by atoms with Crippen LogP contribution in [0, 0.1) is 5.92 Å². The molecule has 1 heterocycles. The molecule has 4 heteroatoms. The van der Waals surface area contributed by atoms with E-state index in [0.717, 1.165) is 18.4 Å². The van der Waals surface area contributed by atoms with Crippen LogP contribution in [-0.2, 0) is 9.53 Å². The largest absolute Gasteiger partial charge is 0.462 e. The van der Waals surface area contributed by atoms with Gasteiger partial charge in [-0.05, 0) is 18.4 Å². The zero-order valence-electron chi connectivity index (χ0n) is 11.4. The van der Waals surface area contributed by atoms with Crippen LogP contribution >= 0.6 is 23.2 Å². The lowest BCUT2D eigenvalue weighted by Gasteiger charge is -2.17. The van der Waals surface area contributed by atoms with E-state index in [2.05, 4.69) is 6.92 Å². The second-order valence-electron chi connectivity index (χ2n) is 4.94. The average molecular weight is 313 g/mol.